The normalized spacial score (nSPS) is 15.6. The van der Waals surface area contributed by atoms with E-state index in [1.54, 1.807) is 18.9 Å². The van der Waals surface area contributed by atoms with Gasteiger partial charge in [0.05, 0.1) is 17.4 Å². The molecule has 2 rings (SSSR count). The van der Waals surface area contributed by atoms with Crippen molar-refractivity contribution in [3.8, 4) is 12.1 Å². The van der Waals surface area contributed by atoms with Gasteiger partial charge in [0.2, 0.25) is 5.91 Å². The Morgan fingerprint density at radius 1 is 1.31 bits per heavy atom. The molecule has 0 saturated heterocycles. The van der Waals surface area contributed by atoms with Crippen LogP contribution >= 0.6 is 11.8 Å². The van der Waals surface area contributed by atoms with Gasteiger partial charge in [-0.25, -0.2) is 4.98 Å². The lowest BCUT2D eigenvalue weighted by Gasteiger charge is -2.39. The van der Waals surface area contributed by atoms with Crippen molar-refractivity contribution in [3.05, 3.63) is 22.9 Å². The van der Waals surface area contributed by atoms with E-state index >= 15 is 0 Å². The molecule has 7 heteroatoms. The average molecular weight is 370 g/mol. The third-order valence-electron chi connectivity index (χ3n) is 4.92. The van der Waals surface area contributed by atoms with Gasteiger partial charge in [0, 0.05) is 18.3 Å². The van der Waals surface area contributed by atoms with Gasteiger partial charge >= 0.3 is 0 Å². The third-order valence-corrected chi connectivity index (χ3v) is 5.89. The van der Waals surface area contributed by atoms with E-state index in [1.807, 2.05) is 6.07 Å². The van der Waals surface area contributed by atoms with Gasteiger partial charge in [-0.05, 0) is 32.8 Å². The first-order chi connectivity index (χ1) is 12.3. The van der Waals surface area contributed by atoms with Crippen molar-refractivity contribution < 1.29 is 9.59 Å². The van der Waals surface area contributed by atoms with Gasteiger partial charge in [-0.2, -0.15) is 10.5 Å². The summed E-state index contributed by atoms with van der Waals surface area (Å²) in [5.41, 5.74) is 0.518. The van der Waals surface area contributed by atoms with Crippen LogP contribution in [0.15, 0.2) is 11.1 Å². The zero-order valence-electron chi connectivity index (χ0n) is 15.3. The fourth-order valence-corrected chi connectivity index (χ4v) is 4.17. The van der Waals surface area contributed by atoms with Gasteiger partial charge in [0.1, 0.15) is 16.6 Å². The molecule has 0 N–H and O–H groups in total. The van der Waals surface area contributed by atoms with E-state index in [9.17, 15) is 20.1 Å². The molecule has 0 aromatic carbocycles. The van der Waals surface area contributed by atoms with Gasteiger partial charge in [-0.15, -0.1) is 0 Å². The second-order valence-electron chi connectivity index (χ2n) is 6.59. The first-order valence-electron chi connectivity index (χ1n) is 8.58. The Balaban J connectivity index is 2.14. The number of carbonyl (C=O) groups is 2. The molecule has 0 bridgehead atoms. The summed E-state index contributed by atoms with van der Waals surface area (Å²) < 4.78 is 0. The van der Waals surface area contributed by atoms with Crippen molar-refractivity contribution in [1.82, 2.24) is 9.88 Å². The second-order valence-corrected chi connectivity index (χ2v) is 7.55. The second kappa shape index (κ2) is 8.33. The molecule has 136 valence electrons. The maximum absolute atomic E-state index is 12.6. The van der Waals surface area contributed by atoms with E-state index in [0.717, 1.165) is 19.3 Å². The van der Waals surface area contributed by atoms with Crippen molar-refractivity contribution in [2.24, 2.45) is 0 Å². The molecule has 1 saturated carbocycles. The standard InChI is InChI=1S/C19H22N4O2S/c1-13-16(14(2)24)9-15(10-20)18(22-13)26-11-17(25)23(3)19(12-21)7-5-4-6-8-19/h9H,4-8,11H2,1-3H3. The van der Waals surface area contributed by atoms with Crippen molar-refractivity contribution >= 4 is 23.5 Å². The summed E-state index contributed by atoms with van der Waals surface area (Å²) in [5, 5.41) is 19.4. The number of ketones is 1. The Labute approximate surface area is 158 Å². The van der Waals surface area contributed by atoms with Gasteiger partial charge in [0.15, 0.2) is 5.78 Å². The van der Waals surface area contributed by atoms with Gasteiger partial charge < -0.3 is 4.90 Å². The summed E-state index contributed by atoms with van der Waals surface area (Å²) >= 11 is 1.17. The molecule has 26 heavy (non-hydrogen) atoms. The summed E-state index contributed by atoms with van der Waals surface area (Å²) in [6, 6.07) is 5.91. The molecule has 1 heterocycles. The first-order valence-corrected chi connectivity index (χ1v) is 9.56. The monoisotopic (exact) mass is 370 g/mol. The summed E-state index contributed by atoms with van der Waals surface area (Å²) in [6.07, 6.45) is 4.39. The average Bonchev–Trinajstić information content (AvgIpc) is 2.65. The van der Waals surface area contributed by atoms with Crippen molar-refractivity contribution in [2.75, 3.05) is 12.8 Å². The predicted octanol–water partition coefficient (Wildman–Crippen LogP) is 3.24. The molecule has 0 spiro atoms. The number of amides is 1. The smallest absolute Gasteiger partial charge is 0.234 e. The molecule has 1 aliphatic carbocycles. The molecule has 1 amide bonds. The molecule has 1 aromatic rings. The quantitative estimate of drug-likeness (QED) is 0.583. The topological polar surface area (TPSA) is 97.9 Å². The van der Waals surface area contributed by atoms with E-state index in [2.05, 4.69) is 11.1 Å². The van der Waals surface area contributed by atoms with Gasteiger partial charge in [-0.1, -0.05) is 31.0 Å². The zero-order chi connectivity index (χ0) is 19.3. The molecule has 0 unspecified atom stereocenters. The highest BCUT2D eigenvalue weighted by molar-refractivity contribution is 8.00. The minimum absolute atomic E-state index is 0.0977. The highest BCUT2D eigenvalue weighted by atomic mass is 32.2. The Morgan fingerprint density at radius 2 is 1.96 bits per heavy atom. The van der Waals surface area contributed by atoms with Crippen LogP contribution in [0.1, 0.15) is 60.6 Å². The third kappa shape index (κ3) is 4.05. The molecule has 1 aromatic heterocycles. The highest BCUT2D eigenvalue weighted by Crippen LogP contribution is 2.33. The molecule has 1 fully saturated rings. The van der Waals surface area contributed by atoms with Gasteiger partial charge in [0.25, 0.3) is 0 Å². The van der Waals surface area contributed by atoms with Crippen LogP contribution in [0.25, 0.3) is 0 Å². The van der Waals surface area contributed by atoms with Crippen LogP contribution in [0.3, 0.4) is 0 Å². The summed E-state index contributed by atoms with van der Waals surface area (Å²) in [7, 11) is 1.68. The molecule has 0 aliphatic heterocycles. The van der Waals surface area contributed by atoms with E-state index in [1.165, 1.54) is 24.8 Å². The number of nitrogens with zero attached hydrogens (tertiary/aromatic N) is 4. The molecule has 0 radical (unpaired) electrons. The number of nitriles is 2. The number of aryl methyl sites for hydroxylation is 1. The fourth-order valence-electron chi connectivity index (χ4n) is 3.25. The maximum atomic E-state index is 12.6. The van der Waals surface area contributed by atoms with Crippen LogP contribution in [0.2, 0.25) is 0 Å². The molecular weight excluding hydrogens is 348 g/mol. The zero-order valence-corrected chi connectivity index (χ0v) is 16.2. The molecular formula is C19H22N4O2S. The Morgan fingerprint density at radius 3 is 2.50 bits per heavy atom. The SMILES string of the molecule is CC(=O)c1cc(C#N)c(SCC(=O)N(C)C2(C#N)CCCCC2)nc1C. The van der Waals surface area contributed by atoms with Crippen LogP contribution in [0.4, 0.5) is 0 Å². The molecule has 1 aliphatic rings. The minimum atomic E-state index is -0.726. The Hall–Kier alpha value is -2.38. The van der Waals surface area contributed by atoms with E-state index in [-0.39, 0.29) is 23.0 Å². The van der Waals surface area contributed by atoms with Crippen LogP contribution < -0.4 is 0 Å². The number of aromatic nitrogens is 1. The number of hydrogen-bond acceptors (Lipinski definition) is 6. The number of rotatable bonds is 5. The lowest BCUT2D eigenvalue weighted by Crippen LogP contribution is -2.50. The molecule has 6 nitrogen and oxygen atoms in total. The van der Waals surface area contributed by atoms with E-state index in [4.69, 9.17) is 0 Å². The summed E-state index contributed by atoms with van der Waals surface area (Å²) in [4.78, 5) is 30.1. The fraction of sp³-hybridized carbons (Fsp3) is 0.526. The van der Waals surface area contributed by atoms with Crippen molar-refractivity contribution in [2.45, 2.75) is 56.5 Å². The van der Waals surface area contributed by atoms with Crippen LogP contribution in [0.5, 0.6) is 0 Å². The minimum Gasteiger partial charge on any atom is -0.326 e. The van der Waals surface area contributed by atoms with Crippen LogP contribution in [0, 0.1) is 29.6 Å². The first kappa shape index (κ1) is 19.9. The Bertz CT molecular complexity index is 801. The summed E-state index contributed by atoms with van der Waals surface area (Å²) in [6.45, 7) is 3.14. The predicted molar refractivity (Wildman–Crippen MR) is 98.6 cm³/mol. The van der Waals surface area contributed by atoms with E-state index in [0.29, 0.717) is 29.1 Å². The van der Waals surface area contributed by atoms with Crippen molar-refractivity contribution in [1.29, 1.82) is 10.5 Å². The number of Topliss-reactive ketones (excluding diaryl/α,β-unsaturated/α-hetero) is 1. The number of thioether (sulfide) groups is 1. The number of hydrogen-bond donors (Lipinski definition) is 0. The van der Waals surface area contributed by atoms with Crippen LogP contribution in [-0.4, -0.2) is 39.9 Å². The molecule has 0 atom stereocenters. The largest absolute Gasteiger partial charge is 0.326 e. The van der Waals surface area contributed by atoms with E-state index < -0.39 is 5.54 Å². The lowest BCUT2D eigenvalue weighted by atomic mass is 9.81. The van der Waals surface area contributed by atoms with Gasteiger partial charge in [-0.3, -0.25) is 9.59 Å². The lowest BCUT2D eigenvalue weighted by molar-refractivity contribution is -0.131. The highest BCUT2D eigenvalue weighted by Gasteiger charge is 2.38. The van der Waals surface area contributed by atoms with Crippen LogP contribution in [-0.2, 0) is 4.79 Å². The maximum Gasteiger partial charge on any atom is 0.234 e. The number of pyridine rings is 1. The Kier molecular flexibility index (Phi) is 6.39. The van der Waals surface area contributed by atoms with Crippen molar-refractivity contribution in [3.63, 3.8) is 0 Å². The number of carbonyl (C=O) groups excluding carboxylic acids is 2. The summed E-state index contributed by atoms with van der Waals surface area (Å²) in [5.74, 6) is -0.204.